The summed E-state index contributed by atoms with van der Waals surface area (Å²) in [7, 11) is 0. The van der Waals surface area contributed by atoms with Crippen molar-refractivity contribution < 1.29 is 14.7 Å². The van der Waals surface area contributed by atoms with Crippen LogP contribution in [0.2, 0.25) is 10.0 Å². The predicted molar refractivity (Wildman–Crippen MR) is 145 cm³/mol. The Kier molecular flexibility index (Phi) is 8.00. The monoisotopic (exact) mass is 559 g/mol. The third-order valence-electron chi connectivity index (χ3n) is 4.88. The van der Waals surface area contributed by atoms with E-state index in [2.05, 4.69) is 20.4 Å². The molecule has 0 bridgehead atoms. The van der Waals surface area contributed by atoms with E-state index in [0.717, 1.165) is 22.0 Å². The van der Waals surface area contributed by atoms with Crippen LogP contribution in [-0.4, -0.2) is 33.1 Å². The van der Waals surface area contributed by atoms with Gasteiger partial charge in [-0.15, -0.1) is 22.7 Å². The van der Waals surface area contributed by atoms with Gasteiger partial charge in [0.05, 0.1) is 48.8 Å². The Balaban J connectivity index is 1.53. The zero-order valence-electron chi connectivity index (χ0n) is 19.0. The molecule has 2 N–H and O–H groups in total. The van der Waals surface area contributed by atoms with Gasteiger partial charge < -0.3 is 10.4 Å². The average molecular weight is 560 g/mol. The smallest absolute Gasteiger partial charge is 0.288 e. The standard InChI is InChI=1S/C24H19Cl2N5O3S2/c1-3-30-31(18-12-35-22(21(18)32)14-4-5-16(25)17(26)8-14)24(34)20-7-6-19(36-20)23(33)29-11-15-10-27-13(2)9-28-15/h3-10,12,32H,11H2,1-2H3,(H,29,33). The maximum Gasteiger partial charge on any atom is 0.288 e. The van der Waals surface area contributed by atoms with Crippen LogP contribution in [0.4, 0.5) is 5.69 Å². The van der Waals surface area contributed by atoms with E-state index in [-0.39, 0.29) is 28.8 Å². The maximum atomic E-state index is 13.3. The number of amides is 2. The molecule has 36 heavy (non-hydrogen) atoms. The largest absolute Gasteiger partial charge is 0.504 e. The van der Waals surface area contributed by atoms with Crippen molar-refractivity contribution in [3.05, 3.63) is 79.3 Å². The number of nitrogens with zero attached hydrogens (tertiary/aromatic N) is 4. The maximum absolute atomic E-state index is 13.3. The molecule has 0 saturated carbocycles. The summed E-state index contributed by atoms with van der Waals surface area (Å²) in [4.78, 5) is 35.4. The number of hydrogen-bond donors (Lipinski definition) is 2. The fourth-order valence-electron chi connectivity index (χ4n) is 3.12. The van der Waals surface area contributed by atoms with Crippen molar-refractivity contribution in [1.29, 1.82) is 0 Å². The Hall–Kier alpha value is -3.31. The number of aromatic nitrogens is 2. The van der Waals surface area contributed by atoms with Crippen molar-refractivity contribution in [3.8, 4) is 16.2 Å². The van der Waals surface area contributed by atoms with E-state index in [4.69, 9.17) is 23.2 Å². The van der Waals surface area contributed by atoms with Crippen molar-refractivity contribution in [1.82, 2.24) is 15.3 Å². The van der Waals surface area contributed by atoms with Gasteiger partial charge in [-0.2, -0.15) is 10.1 Å². The number of nitrogens with one attached hydrogen (secondary N) is 1. The highest BCUT2D eigenvalue weighted by molar-refractivity contribution is 7.16. The number of aryl methyl sites for hydroxylation is 1. The minimum absolute atomic E-state index is 0.119. The first kappa shape index (κ1) is 25.8. The second-order valence-electron chi connectivity index (χ2n) is 7.41. The van der Waals surface area contributed by atoms with Crippen LogP contribution in [-0.2, 0) is 6.54 Å². The number of rotatable bonds is 7. The van der Waals surface area contributed by atoms with Crippen LogP contribution in [0.15, 0.2) is 53.2 Å². The summed E-state index contributed by atoms with van der Waals surface area (Å²) in [6.45, 7) is 3.69. The van der Waals surface area contributed by atoms with E-state index in [1.54, 1.807) is 55.0 Å². The summed E-state index contributed by atoms with van der Waals surface area (Å²) in [5.41, 5.74) is 2.27. The van der Waals surface area contributed by atoms with E-state index >= 15 is 0 Å². The number of thiophene rings is 2. The first-order valence-electron chi connectivity index (χ1n) is 10.5. The summed E-state index contributed by atoms with van der Waals surface area (Å²) in [5.74, 6) is -0.950. The van der Waals surface area contributed by atoms with Gasteiger partial charge in [-0.05, 0) is 43.7 Å². The van der Waals surface area contributed by atoms with Gasteiger partial charge in [-0.3, -0.25) is 19.6 Å². The lowest BCUT2D eigenvalue weighted by Gasteiger charge is -2.15. The third-order valence-corrected chi connectivity index (χ3v) is 7.70. The molecule has 0 saturated heterocycles. The molecule has 3 heterocycles. The second kappa shape index (κ2) is 11.2. The highest BCUT2D eigenvalue weighted by atomic mass is 35.5. The van der Waals surface area contributed by atoms with Crippen LogP contribution in [0.25, 0.3) is 10.4 Å². The molecule has 12 heteroatoms. The van der Waals surface area contributed by atoms with Gasteiger partial charge in [0, 0.05) is 17.8 Å². The molecular weight excluding hydrogens is 541 g/mol. The normalized spacial score (nSPS) is 11.1. The Morgan fingerprint density at radius 3 is 2.61 bits per heavy atom. The zero-order chi connectivity index (χ0) is 25.8. The van der Waals surface area contributed by atoms with Crippen LogP contribution in [0.1, 0.15) is 37.7 Å². The number of carbonyl (C=O) groups excluding carboxylic acids is 2. The molecule has 2 amide bonds. The van der Waals surface area contributed by atoms with E-state index in [1.807, 2.05) is 6.92 Å². The molecule has 3 aromatic heterocycles. The van der Waals surface area contributed by atoms with Crippen molar-refractivity contribution in [2.75, 3.05) is 5.01 Å². The molecule has 0 aliphatic heterocycles. The molecule has 0 aliphatic rings. The van der Waals surface area contributed by atoms with E-state index in [9.17, 15) is 14.7 Å². The van der Waals surface area contributed by atoms with Crippen molar-refractivity contribution in [3.63, 3.8) is 0 Å². The van der Waals surface area contributed by atoms with Crippen LogP contribution in [0.3, 0.4) is 0 Å². The first-order valence-corrected chi connectivity index (χ1v) is 13.0. The molecule has 0 radical (unpaired) electrons. The summed E-state index contributed by atoms with van der Waals surface area (Å²) >= 11 is 14.4. The molecule has 4 rings (SSSR count). The lowest BCUT2D eigenvalue weighted by Crippen LogP contribution is -2.24. The van der Waals surface area contributed by atoms with Crippen molar-refractivity contribution in [2.45, 2.75) is 20.4 Å². The molecule has 0 spiro atoms. The summed E-state index contributed by atoms with van der Waals surface area (Å²) in [5, 5.41) is 21.3. The molecule has 0 aliphatic carbocycles. The van der Waals surface area contributed by atoms with Gasteiger partial charge >= 0.3 is 0 Å². The Labute approximate surface area is 224 Å². The van der Waals surface area contributed by atoms with Crippen LogP contribution in [0.5, 0.6) is 5.75 Å². The van der Waals surface area contributed by atoms with Gasteiger partial charge in [0.15, 0.2) is 5.75 Å². The Morgan fingerprint density at radius 1 is 1.14 bits per heavy atom. The molecular formula is C24H19Cl2N5O3S2. The summed E-state index contributed by atoms with van der Waals surface area (Å²) in [6.07, 6.45) is 4.66. The number of carbonyl (C=O) groups is 2. The first-order chi connectivity index (χ1) is 17.3. The lowest BCUT2D eigenvalue weighted by atomic mass is 10.1. The number of benzene rings is 1. The highest BCUT2D eigenvalue weighted by Crippen LogP contribution is 2.45. The highest BCUT2D eigenvalue weighted by Gasteiger charge is 2.26. The van der Waals surface area contributed by atoms with Gasteiger partial charge in [-0.1, -0.05) is 29.3 Å². The lowest BCUT2D eigenvalue weighted by molar-refractivity contribution is 0.0953. The molecule has 0 unspecified atom stereocenters. The number of anilines is 1. The summed E-state index contributed by atoms with van der Waals surface area (Å²) < 4.78 is 0. The van der Waals surface area contributed by atoms with Crippen LogP contribution >= 0.6 is 45.9 Å². The molecule has 184 valence electrons. The molecule has 0 atom stereocenters. The minimum Gasteiger partial charge on any atom is -0.504 e. The molecule has 4 aromatic rings. The SMILES string of the molecule is CC=NN(C(=O)c1ccc(C(=O)NCc2cnc(C)cn2)s1)c1csc(-c2ccc(Cl)c(Cl)c2)c1O. The second-order valence-corrected chi connectivity index (χ2v) is 10.2. The number of aromatic hydroxyl groups is 1. The Morgan fingerprint density at radius 2 is 1.92 bits per heavy atom. The number of halogens is 2. The summed E-state index contributed by atoms with van der Waals surface area (Å²) in [6, 6.07) is 8.12. The quantitative estimate of drug-likeness (QED) is 0.208. The molecule has 1 aromatic carbocycles. The zero-order valence-corrected chi connectivity index (χ0v) is 22.2. The van der Waals surface area contributed by atoms with E-state index in [1.165, 1.54) is 17.6 Å². The van der Waals surface area contributed by atoms with Crippen LogP contribution < -0.4 is 10.3 Å². The fraction of sp³-hybridized carbons (Fsp3) is 0.125. The fourth-order valence-corrected chi connectivity index (χ4v) is 5.19. The minimum atomic E-state index is -0.490. The van der Waals surface area contributed by atoms with E-state index < -0.39 is 5.91 Å². The number of hydrogen-bond acceptors (Lipinski definition) is 8. The average Bonchev–Trinajstić information content (AvgIpc) is 3.51. The number of hydrazone groups is 1. The molecule has 8 nitrogen and oxygen atoms in total. The van der Waals surface area contributed by atoms with Gasteiger partial charge in [0.1, 0.15) is 5.69 Å². The van der Waals surface area contributed by atoms with Gasteiger partial charge in [-0.25, -0.2) is 0 Å². The van der Waals surface area contributed by atoms with Crippen LogP contribution in [0, 0.1) is 6.92 Å². The molecule has 0 fully saturated rings. The Bertz CT molecular complexity index is 1450. The van der Waals surface area contributed by atoms with Crippen molar-refractivity contribution in [2.24, 2.45) is 5.10 Å². The van der Waals surface area contributed by atoms with E-state index in [0.29, 0.717) is 31.1 Å². The van der Waals surface area contributed by atoms with Crippen molar-refractivity contribution >= 4 is 69.6 Å². The van der Waals surface area contributed by atoms with Gasteiger partial charge in [0.2, 0.25) is 0 Å². The topological polar surface area (TPSA) is 108 Å². The van der Waals surface area contributed by atoms with Gasteiger partial charge in [0.25, 0.3) is 11.8 Å². The predicted octanol–water partition coefficient (Wildman–Crippen LogP) is 6.17. The third kappa shape index (κ3) is 5.57.